The Morgan fingerprint density at radius 3 is 2.12 bits per heavy atom. The van der Waals surface area contributed by atoms with E-state index in [-0.39, 0.29) is 29.6 Å². The van der Waals surface area contributed by atoms with E-state index in [4.69, 9.17) is 5.11 Å². The van der Waals surface area contributed by atoms with Crippen LogP contribution in [0.4, 0.5) is 0 Å². The zero-order valence-corrected chi connectivity index (χ0v) is 15.1. The summed E-state index contributed by atoms with van der Waals surface area (Å²) in [7, 11) is -3.82. The summed E-state index contributed by atoms with van der Waals surface area (Å²) in [5.41, 5.74) is 0.395. The van der Waals surface area contributed by atoms with Crippen LogP contribution in [0.1, 0.15) is 37.6 Å². The monoisotopic (exact) mass is 370 g/mol. The third-order valence-electron chi connectivity index (χ3n) is 3.46. The summed E-state index contributed by atoms with van der Waals surface area (Å²) >= 11 is 0. The second-order valence-corrected chi connectivity index (χ2v) is 7.62. The molecule has 3 N–H and O–H groups in total. The molecule has 0 heterocycles. The van der Waals surface area contributed by atoms with Gasteiger partial charge in [-0.1, -0.05) is 26.0 Å². The van der Waals surface area contributed by atoms with E-state index in [1.165, 1.54) is 31.2 Å². The van der Waals surface area contributed by atoms with Crippen LogP contribution in [-0.2, 0) is 19.6 Å². The van der Waals surface area contributed by atoms with Gasteiger partial charge in [0.2, 0.25) is 15.9 Å². The standard InChI is InChI=1S/C16H22N2O6S/c1-10(2)15(16(21)22)18-14(20)8-9-17-25(23,24)13-6-4-12(5-7-13)11(3)19/h4-7,10,15,17H,8-9H2,1-3H3,(H,18,20)(H,21,22)/t15-/m1/s1. The largest absolute Gasteiger partial charge is 0.480 e. The molecule has 0 aliphatic heterocycles. The molecule has 0 saturated carbocycles. The first kappa shape index (κ1) is 20.8. The van der Waals surface area contributed by atoms with Crippen LogP contribution in [0.2, 0.25) is 0 Å². The van der Waals surface area contributed by atoms with Crippen molar-refractivity contribution >= 4 is 27.7 Å². The summed E-state index contributed by atoms with van der Waals surface area (Å²) in [6.45, 7) is 4.52. The number of carboxylic acid groups (broad SMARTS) is 1. The summed E-state index contributed by atoms with van der Waals surface area (Å²) in [5, 5.41) is 11.4. The molecular weight excluding hydrogens is 348 g/mol. The molecule has 1 amide bonds. The summed E-state index contributed by atoms with van der Waals surface area (Å²) in [6.07, 6.45) is -0.193. The zero-order valence-electron chi connectivity index (χ0n) is 14.3. The van der Waals surface area contributed by atoms with Gasteiger partial charge < -0.3 is 10.4 Å². The predicted molar refractivity (Wildman–Crippen MR) is 90.7 cm³/mol. The number of benzene rings is 1. The summed E-state index contributed by atoms with van der Waals surface area (Å²) in [6, 6.07) is 4.40. The molecule has 1 aromatic rings. The van der Waals surface area contributed by atoms with Gasteiger partial charge in [-0.15, -0.1) is 0 Å². The van der Waals surface area contributed by atoms with Crippen molar-refractivity contribution in [3.05, 3.63) is 29.8 Å². The van der Waals surface area contributed by atoms with Gasteiger partial charge in [-0.25, -0.2) is 17.9 Å². The number of nitrogens with one attached hydrogen (secondary N) is 2. The highest BCUT2D eigenvalue weighted by molar-refractivity contribution is 7.89. The average molecular weight is 370 g/mol. The minimum Gasteiger partial charge on any atom is -0.480 e. The topological polar surface area (TPSA) is 130 Å². The average Bonchev–Trinajstić information content (AvgIpc) is 2.51. The molecule has 0 unspecified atom stereocenters. The Kier molecular flexibility index (Phi) is 7.25. The van der Waals surface area contributed by atoms with Gasteiger partial charge in [-0.3, -0.25) is 9.59 Å². The Balaban J connectivity index is 2.60. The molecular formula is C16H22N2O6S. The van der Waals surface area contributed by atoms with Crippen LogP contribution in [0.15, 0.2) is 29.2 Å². The third kappa shape index (κ3) is 6.28. The summed E-state index contributed by atoms with van der Waals surface area (Å²) in [4.78, 5) is 33.9. The van der Waals surface area contributed by atoms with E-state index in [0.29, 0.717) is 5.56 Å². The van der Waals surface area contributed by atoms with Gasteiger partial charge >= 0.3 is 5.97 Å². The molecule has 25 heavy (non-hydrogen) atoms. The van der Waals surface area contributed by atoms with Crippen LogP contribution < -0.4 is 10.0 Å². The lowest BCUT2D eigenvalue weighted by Gasteiger charge is -2.17. The highest BCUT2D eigenvalue weighted by Gasteiger charge is 2.23. The Hall–Kier alpha value is -2.26. The van der Waals surface area contributed by atoms with Crippen molar-refractivity contribution in [2.24, 2.45) is 5.92 Å². The first-order valence-electron chi connectivity index (χ1n) is 7.67. The minimum absolute atomic E-state index is 0.0245. The fourth-order valence-electron chi connectivity index (χ4n) is 2.01. The maximum absolute atomic E-state index is 12.1. The molecule has 0 spiro atoms. The second-order valence-electron chi connectivity index (χ2n) is 5.86. The molecule has 1 aromatic carbocycles. The molecule has 138 valence electrons. The highest BCUT2D eigenvalue weighted by Crippen LogP contribution is 2.11. The van der Waals surface area contributed by atoms with Crippen LogP contribution >= 0.6 is 0 Å². The Labute approximate surface area is 146 Å². The van der Waals surface area contributed by atoms with Gasteiger partial charge in [0.1, 0.15) is 6.04 Å². The van der Waals surface area contributed by atoms with Crippen molar-refractivity contribution in [3.8, 4) is 0 Å². The first-order chi connectivity index (χ1) is 11.5. The smallest absolute Gasteiger partial charge is 0.326 e. The molecule has 0 fully saturated rings. The zero-order chi connectivity index (χ0) is 19.2. The Morgan fingerprint density at radius 1 is 1.12 bits per heavy atom. The van der Waals surface area contributed by atoms with Gasteiger partial charge in [0.25, 0.3) is 0 Å². The molecule has 9 heteroatoms. The molecule has 0 aromatic heterocycles. The Morgan fingerprint density at radius 2 is 1.68 bits per heavy atom. The second kappa shape index (κ2) is 8.72. The molecule has 0 radical (unpaired) electrons. The third-order valence-corrected chi connectivity index (χ3v) is 4.94. The number of carbonyl (C=O) groups is 3. The molecule has 0 saturated heterocycles. The van der Waals surface area contributed by atoms with E-state index in [2.05, 4.69) is 10.0 Å². The summed E-state index contributed by atoms with van der Waals surface area (Å²) in [5.74, 6) is -2.17. The minimum atomic E-state index is -3.82. The number of sulfonamides is 1. The quantitative estimate of drug-likeness (QED) is 0.551. The number of rotatable bonds is 9. The molecule has 0 bridgehead atoms. The number of carboxylic acids is 1. The predicted octanol–water partition coefficient (Wildman–Crippen LogP) is 0.783. The van der Waals surface area contributed by atoms with Crippen molar-refractivity contribution in [1.29, 1.82) is 0 Å². The summed E-state index contributed by atoms with van der Waals surface area (Å²) < 4.78 is 26.5. The van der Waals surface area contributed by atoms with Gasteiger partial charge in [0.15, 0.2) is 5.78 Å². The van der Waals surface area contributed by atoms with E-state index >= 15 is 0 Å². The fraction of sp³-hybridized carbons (Fsp3) is 0.438. The number of hydrogen-bond donors (Lipinski definition) is 3. The molecule has 1 rings (SSSR count). The van der Waals surface area contributed by atoms with Crippen LogP contribution in [0, 0.1) is 5.92 Å². The van der Waals surface area contributed by atoms with E-state index in [9.17, 15) is 22.8 Å². The van der Waals surface area contributed by atoms with Crippen LogP contribution in [0.5, 0.6) is 0 Å². The molecule has 0 aliphatic rings. The maximum Gasteiger partial charge on any atom is 0.326 e. The Bertz CT molecular complexity index is 740. The molecule has 0 aliphatic carbocycles. The number of carbonyl (C=O) groups excluding carboxylic acids is 2. The van der Waals surface area contributed by atoms with Gasteiger partial charge in [-0.05, 0) is 25.0 Å². The first-order valence-corrected chi connectivity index (χ1v) is 9.15. The van der Waals surface area contributed by atoms with Crippen molar-refractivity contribution in [3.63, 3.8) is 0 Å². The lowest BCUT2D eigenvalue weighted by molar-refractivity contribution is -0.143. The van der Waals surface area contributed by atoms with Gasteiger partial charge in [0.05, 0.1) is 4.90 Å². The van der Waals surface area contributed by atoms with E-state index in [0.717, 1.165) is 0 Å². The SMILES string of the molecule is CC(=O)c1ccc(S(=O)(=O)NCCC(=O)N[C@@H](C(=O)O)C(C)C)cc1. The number of ketones is 1. The van der Waals surface area contributed by atoms with Crippen molar-refractivity contribution in [2.75, 3.05) is 6.54 Å². The number of aliphatic carboxylic acids is 1. The van der Waals surface area contributed by atoms with E-state index in [1.807, 2.05) is 0 Å². The van der Waals surface area contributed by atoms with Crippen LogP contribution in [0.25, 0.3) is 0 Å². The maximum atomic E-state index is 12.1. The highest BCUT2D eigenvalue weighted by atomic mass is 32.2. The van der Waals surface area contributed by atoms with E-state index in [1.54, 1.807) is 13.8 Å². The van der Waals surface area contributed by atoms with Crippen LogP contribution in [0.3, 0.4) is 0 Å². The normalized spacial score (nSPS) is 12.6. The molecule has 8 nitrogen and oxygen atoms in total. The number of Topliss-reactive ketones (excluding diaryl/α,β-unsaturated/α-hetero) is 1. The molecule has 1 atom stereocenters. The van der Waals surface area contributed by atoms with Gasteiger partial charge in [-0.2, -0.15) is 0 Å². The number of amides is 1. The van der Waals surface area contributed by atoms with E-state index < -0.39 is 27.9 Å². The number of hydrogen-bond acceptors (Lipinski definition) is 5. The fourth-order valence-corrected chi connectivity index (χ4v) is 3.04. The van der Waals surface area contributed by atoms with Crippen LogP contribution in [-0.4, -0.2) is 43.8 Å². The van der Waals surface area contributed by atoms with Crippen molar-refractivity contribution < 1.29 is 27.9 Å². The van der Waals surface area contributed by atoms with Crippen molar-refractivity contribution in [1.82, 2.24) is 10.0 Å². The van der Waals surface area contributed by atoms with Crippen molar-refractivity contribution in [2.45, 2.75) is 38.1 Å². The van der Waals surface area contributed by atoms with Gasteiger partial charge in [0, 0.05) is 18.5 Å². The lowest BCUT2D eigenvalue weighted by atomic mass is 10.0. The lowest BCUT2D eigenvalue weighted by Crippen LogP contribution is -2.45.